The van der Waals surface area contributed by atoms with Gasteiger partial charge in [-0.3, -0.25) is 9.59 Å². The molecule has 0 saturated heterocycles. The van der Waals surface area contributed by atoms with Gasteiger partial charge in [-0.15, -0.1) is 0 Å². The zero-order valence-corrected chi connectivity index (χ0v) is 16.3. The number of rotatable bonds is 8. The Morgan fingerprint density at radius 2 is 1.61 bits per heavy atom. The third-order valence-electron chi connectivity index (χ3n) is 4.18. The third kappa shape index (κ3) is 5.84. The number of carbonyl (C=O) groups excluding carboxylic acids is 3. The summed E-state index contributed by atoms with van der Waals surface area (Å²) in [6, 6.07) is 12.8. The van der Waals surface area contributed by atoms with Gasteiger partial charge in [0.05, 0.1) is 17.8 Å². The average molecular weight is 383 g/mol. The van der Waals surface area contributed by atoms with E-state index in [1.807, 2.05) is 38.1 Å². The Morgan fingerprint density at radius 3 is 2.36 bits per heavy atom. The monoisotopic (exact) mass is 383 g/mol. The summed E-state index contributed by atoms with van der Waals surface area (Å²) >= 11 is 0. The van der Waals surface area contributed by atoms with E-state index in [1.54, 1.807) is 25.1 Å². The van der Waals surface area contributed by atoms with E-state index in [9.17, 15) is 14.4 Å². The van der Waals surface area contributed by atoms with Crippen LogP contribution in [0, 0.1) is 13.8 Å². The van der Waals surface area contributed by atoms with Crippen LogP contribution in [0.15, 0.2) is 42.5 Å². The Balaban J connectivity index is 1.99. The van der Waals surface area contributed by atoms with Gasteiger partial charge in [0.15, 0.2) is 6.61 Å². The maximum atomic E-state index is 12.4. The van der Waals surface area contributed by atoms with E-state index in [-0.39, 0.29) is 12.5 Å². The van der Waals surface area contributed by atoms with E-state index in [4.69, 9.17) is 4.74 Å². The van der Waals surface area contributed by atoms with Crippen LogP contribution in [0.5, 0.6) is 0 Å². The predicted molar refractivity (Wildman–Crippen MR) is 108 cm³/mol. The Hall–Kier alpha value is -3.35. The van der Waals surface area contributed by atoms with E-state index >= 15 is 0 Å². The first-order valence-electron chi connectivity index (χ1n) is 9.05. The first kappa shape index (κ1) is 21.0. The number of carbonyl (C=O) groups is 3. The molecular weight excluding hydrogens is 358 g/mol. The molecule has 148 valence electrons. The zero-order chi connectivity index (χ0) is 20.5. The molecular formula is C21H25N3O4. The first-order chi connectivity index (χ1) is 13.4. The number of esters is 1. The van der Waals surface area contributed by atoms with Crippen molar-refractivity contribution in [3.8, 4) is 0 Å². The van der Waals surface area contributed by atoms with Gasteiger partial charge in [-0.2, -0.15) is 0 Å². The maximum Gasteiger partial charge on any atom is 0.340 e. The van der Waals surface area contributed by atoms with Gasteiger partial charge in [0.25, 0.3) is 5.91 Å². The lowest BCUT2D eigenvalue weighted by Gasteiger charge is -2.14. The van der Waals surface area contributed by atoms with Crippen LogP contribution in [0.2, 0.25) is 0 Å². The molecule has 0 heterocycles. The fourth-order valence-electron chi connectivity index (χ4n) is 2.50. The number of benzene rings is 2. The maximum absolute atomic E-state index is 12.4. The molecule has 0 bridgehead atoms. The summed E-state index contributed by atoms with van der Waals surface area (Å²) in [5.41, 5.74) is 4.01. The summed E-state index contributed by atoms with van der Waals surface area (Å²) < 4.78 is 5.09. The molecule has 0 aromatic heterocycles. The minimum absolute atomic E-state index is 0.158. The molecule has 0 fully saturated rings. The van der Waals surface area contributed by atoms with Gasteiger partial charge in [0.1, 0.15) is 0 Å². The molecule has 0 aliphatic carbocycles. The second-order valence-electron chi connectivity index (χ2n) is 6.22. The van der Waals surface area contributed by atoms with Crippen molar-refractivity contribution in [2.24, 2.45) is 0 Å². The second-order valence-corrected chi connectivity index (χ2v) is 6.22. The van der Waals surface area contributed by atoms with Crippen LogP contribution >= 0.6 is 0 Å². The van der Waals surface area contributed by atoms with Gasteiger partial charge in [-0.1, -0.05) is 24.3 Å². The largest absolute Gasteiger partial charge is 0.452 e. The summed E-state index contributed by atoms with van der Waals surface area (Å²) in [5, 5.41) is 8.21. The first-order valence-corrected chi connectivity index (χ1v) is 9.05. The number of aryl methyl sites for hydroxylation is 1. The summed E-state index contributed by atoms with van der Waals surface area (Å²) in [7, 11) is 0. The number of ether oxygens (including phenoxy) is 1. The van der Waals surface area contributed by atoms with Crippen LogP contribution in [-0.4, -0.2) is 37.5 Å². The molecule has 2 aromatic rings. The van der Waals surface area contributed by atoms with Gasteiger partial charge in [0.2, 0.25) is 5.91 Å². The lowest BCUT2D eigenvalue weighted by molar-refractivity contribution is -0.127. The number of likely N-dealkylation sites (N-methyl/N-ethyl adjacent to an activating group) is 1. The molecule has 0 saturated carbocycles. The highest BCUT2D eigenvalue weighted by molar-refractivity contribution is 5.97. The molecule has 0 atom stereocenters. The normalized spacial score (nSPS) is 10.1. The smallest absolute Gasteiger partial charge is 0.340 e. The third-order valence-corrected chi connectivity index (χ3v) is 4.18. The van der Waals surface area contributed by atoms with Crippen molar-refractivity contribution in [2.45, 2.75) is 20.8 Å². The van der Waals surface area contributed by atoms with Crippen LogP contribution in [0.25, 0.3) is 0 Å². The Labute approximate surface area is 164 Å². The standard InChI is InChI=1S/C21H25N3O4/c1-4-22-19(25)12-23-20(26)13-28-21(27)16-9-5-6-10-18(16)24-17-11-7-8-14(2)15(17)3/h5-11,24H,4,12-13H2,1-3H3,(H,22,25)(H,23,26). The molecule has 0 aliphatic heterocycles. The van der Waals surface area contributed by atoms with Crippen molar-refractivity contribution in [1.29, 1.82) is 0 Å². The van der Waals surface area contributed by atoms with Crippen molar-refractivity contribution in [3.05, 3.63) is 59.2 Å². The summed E-state index contributed by atoms with van der Waals surface area (Å²) in [6.07, 6.45) is 0. The topological polar surface area (TPSA) is 96.5 Å². The van der Waals surface area contributed by atoms with Crippen LogP contribution in [0.3, 0.4) is 0 Å². The molecule has 7 heteroatoms. The van der Waals surface area contributed by atoms with Crippen molar-refractivity contribution >= 4 is 29.2 Å². The summed E-state index contributed by atoms with van der Waals surface area (Å²) in [5.74, 6) is -1.47. The van der Waals surface area contributed by atoms with Crippen molar-refractivity contribution in [2.75, 3.05) is 25.0 Å². The van der Waals surface area contributed by atoms with E-state index < -0.39 is 18.5 Å². The fraction of sp³-hybridized carbons (Fsp3) is 0.286. The molecule has 2 amide bonds. The van der Waals surface area contributed by atoms with Gasteiger partial charge in [-0.05, 0) is 50.1 Å². The van der Waals surface area contributed by atoms with Gasteiger partial charge < -0.3 is 20.7 Å². The number of amides is 2. The van der Waals surface area contributed by atoms with Crippen molar-refractivity contribution in [1.82, 2.24) is 10.6 Å². The lowest BCUT2D eigenvalue weighted by atomic mass is 10.1. The lowest BCUT2D eigenvalue weighted by Crippen LogP contribution is -2.38. The van der Waals surface area contributed by atoms with E-state index in [0.29, 0.717) is 17.8 Å². The van der Waals surface area contributed by atoms with E-state index in [0.717, 1.165) is 16.8 Å². The van der Waals surface area contributed by atoms with Crippen LogP contribution in [-0.2, 0) is 14.3 Å². The predicted octanol–water partition coefficient (Wildman–Crippen LogP) is 2.46. The Morgan fingerprint density at radius 1 is 0.893 bits per heavy atom. The molecule has 0 radical (unpaired) electrons. The highest BCUT2D eigenvalue weighted by atomic mass is 16.5. The fourth-order valence-corrected chi connectivity index (χ4v) is 2.50. The number of hydrogen-bond acceptors (Lipinski definition) is 5. The number of para-hydroxylation sites is 1. The average Bonchev–Trinajstić information content (AvgIpc) is 2.68. The van der Waals surface area contributed by atoms with Crippen LogP contribution in [0.1, 0.15) is 28.4 Å². The van der Waals surface area contributed by atoms with Gasteiger partial charge >= 0.3 is 5.97 Å². The van der Waals surface area contributed by atoms with Gasteiger partial charge in [0, 0.05) is 12.2 Å². The number of anilines is 2. The molecule has 0 spiro atoms. The Kier molecular flexibility index (Phi) is 7.56. The molecule has 0 aliphatic rings. The number of nitrogens with one attached hydrogen (secondary N) is 3. The minimum Gasteiger partial charge on any atom is -0.452 e. The minimum atomic E-state index is -0.624. The highest BCUT2D eigenvalue weighted by Gasteiger charge is 2.15. The molecule has 2 aromatic carbocycles. The molecule has 28 heavy (non-hydrogen) atoms. The molecule has 7 nitrogen and oxygen atoms in total. The summed E-state index contributed by atoms with van der Waals surface area (Å²) in [4.78, 5) is 35.5. The van der Waals surface area contributed by atoms with Gasteiger partial charge in [-0.25, -0.2) is 4.79 Å². The Bertz CT molecular complexity index is 864. The second kappa shape index (κ2) is 10.1. The van der Waals surface area contributed by atoms with Crippen molar-refractivity contribution < 1.29 is 19.1 Å². The van der Waals surface area contributed by atoms with E-state index in [1.165, 1.54) is 0 Å². The SMILES string of the molecule is CCNC(=O)CNC(=O)COC(=O)c1ccccc1Nc1cccc(C)c1C. The molecule has 3 N–H and O–H groups in total. The molecule has 2 rings (SSSR count). The number of hydrogen-bond donors (Lipinski definition) is 3. The molecule has 0 unspecified atom stereocenters. The quantitative estimate of drug-likeness (QED) is 0.609. The van der Waals surface area contributed by atoms with E-state index in [2.05, 4.69) is 16.0 Å². The zero-order valence-electron chi connectivity index (χ0n) is 16.3. The van der Waals surface area contributed by atoms with Crippen LogP contribution in [0.4, 0.5) is 11.4 Å². The summed E-state index contributed by atoms with van der Waals surface area (Å²) in [6.45, 7) is 5.65. The van der Waals surface area contributed by atoms with Crippen LogP contribution < -0.4 is 16.0 Å². The van der Waals surface area contributed by atoms with Crippen molar-refractivity contribution in [3.63, 3.8) is 0 Å². The highest BCUT2D eigenvalue weighted by Crippen LogP contribution is 2.25.